The minimum absolute atomic E-state index is 0.271. The molecule has 0 saturated carbocycles. The maximum atomic E-state index is 12.3. The number of carbonyl (C=O) groups is 1. The van der Waals surface area contributed by atoms with E-state index in [-0.39, 0.29) is 11.4 Å². The van der Waals surface area contributed by atoms with Gasteiger partial charge in [-0.15, -0.1) is 5.10 Å². The molecule has 7 nitrogen and oxygen atoms in total. The Kier molecular flexibility index (Phi) is 4.95. The summed E-state index contributed by atoms with van der Waals surface area (Å²) in [5.41, 5.74) is -0.271. The fourth-order valence-electron chi connectivity index (χ4n) is 1.65. The average Bonchev–Trinajstić information content (AvgIpc) is 2.80. The van der Waals surface area contributed by atoms with Gasteiger partial charge in [0.05, 0.1) is 0 Å². The van der Waals surface area contributed by atoms with Gasteiger partial charge < -0.3 is 4.90 Å². The molecule has 0 atom stereocenters. The van der Waals surface area contributed by atoms with Crippen molar-refractivity contribution < 1.29 is 4.79 Å². The number of hydrogen-bond acceptors (Lipinski definition) is 6. The molecule has 124 valence electrons. The highest BCUT2D eigenvalue weighted by Crippen LogP contribution is 2.29. The number of rotatable bonds is 2. The topological polar surface area (TPSA) is 76.8 Å². The van der Waals surface area contributed by atoms with Gasteiger partial charge in [0.1, 0.15) is 16.0 Å². The van der Waals surface area contributed by atoms with Gasteiger partial charge in [-0.1, -0.05) is 32.4 Å². The summed E-state index contributed by atoms with van der Waals surface area (Å²) < 4.78 is 1.29. The van der Waals surface area contributed by atoms with E-state index in [1.54, 1.807) is 27.1 Å². The normalized spacial score (nSPS) is 11.6. The molecule has 0 aromatic carbocycles. The number of amides is 1. The molecule has 0 radical (unpaired) electrons. The second-order valence-electron chi connectivity index (χ2n) is 6.23. The van der Waals surface area contributed by atoms with Crippen molar-refractivity contribution in [3.8, 4) is 0 Å². The minimum atomic E-state index is -0.271. The SMILES string of the molecule is Cc1nc(Cl)cc(Sc2nc(C(C)(C)C)nn2C(=O)N(C)C)n1. The van der Waals surface area contributed by atoms with Crippen molar-refractivity contribution in [1.29, 1.82) is 0 Å². The largest absolute Gasteiger partial charge is 0.346 e. The lowest BCUT2D eigenvalue weighted by Crippen LogP contribution is -2.29. The van der Waals surface area contributed by atoms with Crippen molar-refractivity contribution in [2.24, 2.45) is 0 Å². The molecular weight excluding hydrogens is 336 g/mol. The first-order valence-electron chi connectivity index (χ1n) is 6.96. The molecule has 2 aromatic rings. The van der Waals surface area contributed by atoms with Gasteiger partial charge in [0, 0.05) is 25.6 Å². The molecular formula is C14H19ClN6OS. The van der Waals surface area contributed by atoms with E-state index in [0.717, 1.165) is 0 Å². The fraction of sp³-hybridized carbons (Fsp3) is 0.500. The lowest BCUT2D eigenvalue weighted by molar-refractivity contribution is 0.213. The maximum absolute atomic E-state index is 12.3. The Labute approximate surface area is 144 Å². The van der Waals surface area contributed by atoms with E-state index in [4.69, 9.17) is 11.6 Å². The molecule has 0 aliphatic rings. The Balaban J connectivity index is 2.47. The second-order valence-corrected chi connectivity index (χ2v) is 7.61. The summed E-state index contributed by atoms with van der Waals surface area (Å²) in [6.07, 6.45) is 0. The fourth-order valence-corrected chi connectivity index (χ4v) is 2.81. The average molecular weight is 355 g/mol. The highest BCUT2D eigenvalue weighted by molar-refractivity contribution is 7.99. The zero-order valence-electron chi connectivity index (χ0n) is 14.0. The van der Waals surface area contributed by atoms with Gasteiger partial charge in [-0.25, -0.2) is 19.7 Å². The van der Waals surface area contributed by atoms with Gasteiger partial charge in [0.2, 0.25) is 5.16 Å². The monoisotopic (exact) mass is 354 g/mol. The molecule has 0 saturated heterocycles. The van der Waals surface area contributed by atoms with E-state index in [9.17, 15) is 4.79 Å². The molecule has 2 heterocycles. The summed E-state index contributed by atoms with van der Waals surface area (Å²) in [5.74, 6) is 1.15. The van der Waals surface area contributed by atoms with E-state index in [0.29, 0.717) is 27.0 Å². The number of hydrogen-bond donors (Lipinski definition) is 0. The maximum Gasteiger partial charge on any atom is 0.346 e. The van der Waals surface area contributed by atoms with Crippen LogP contribution in [0.25, 0.3) is 0 Å². The van der Waals surface area contributed by atoms with Crippen molar-refractivity contribution in [3.05, 3.63) is 22.9 Å². The number of aromatic nitrogens is 5. The summed E-state index contributed by atoms with van der Waals surface area (Å²) in [4.78, 5) is 26.6. The summed E-state index contributed by atoms with van der Waals surface area (Å²) >= 11 is 7.20. The Morgan fingerprint density at radius 1 is 1.26 bits per heavy atom. The highest BCUT2D eigenvalue weighted by Gasteiger charge is 2.25. The van der Waals surface area contributed by atoms with Crippen LogP contribution < -0.4 is 0 Å². The van der Waals surface area contributed by atoms with Crippen LogP contribution in [0.5, 0.6) is 0 Å². The van der Waals surface area contributed by atoms with Gasteiger partial charge in [0.25, 0.3) is 0 Å². The number of carbonyl (C=O) groups excluding carboxylic acids is 1. The van der Waals surface area contributed by atoms with Crippen molar-refractivity contribution in [3.63, 3.8) is 0 Å². The molecule has 0 spiro atoms. The lowest BCUT2D eigenvalue weighted by atomic mass is 9.96. The standard InChI is InChI=1S/C14H19ClN6OS/c1-8-16-9(15)7-10(17-8)23-12-18-11(14(2,3)4)19-21(12)13(22)20(5)6/h7H,1-6H3. The molecule has 1 amide bonds. The predicted molar refractivity (Wildman–Crippen MR) is 89.1 cm³/mol. The Morgan fingerprint density at radius 3 is 2.43 bits per heavy atom. The zero-order valence-corrected chi connectivity index (χ0v) is 15.5. The zero-order chi connectivity index (χ0) is 17.4. The van der Waals surface area contributed by atoms with E-state index in [2.05, 4.69) is 20.1 Å². The molecule has 0 aliphatic carbocycles. The van der Waals surface area contributed by atoms with Crippen molar-refractivity contribution in [1.82, 2.24) is 29.6 Å². The van der Waals surface area contributed by atoms with Crippen LogP contribution in [0.15, 0.2) is 16.2 Å². The van der Waals surface area contributed by atoms with Gasteiger partial charge in [-0.05, 0) is 18.7 Å². The van der Waals surface area contributed by atoms with Crippen LogP contribution in [0.1, 0.15) is 32.4 Å². The van der Waals surface area contributed by atoms with E-state index in [1.807, 2.05) is 20.8 Å². The van der Waals surface area contributed by atoms with Crippen LogP contribution >= 0.6 is 23.4 Å². The van der Waals surface area contributed by atoms with Crippen LogP contribution in [-0.4, -0.2) is 49.8 Å². The third-order valence-electron chi connectivity index (χ3n) is 2.79. The summed E-state index contributed by atoms with van der Waals surface area (Å²) in [6.45, 7) is 7.74. The van der Waals surface area contributed by atoms with E-state index in [1.165, 1.54) is 21.3 Å². The molecule has 2 rings (SSSR count). The second kappa shape index (κ2) is 6.45. The first-order valence-corrected chi connectivity index (χ1v) is 8.15. The number of aryl methyl sites for hydroxylation is 1. The Hall–Kier alpha value is -1.67. The molecule has 0 fully saturated rings. The number of nitrogens with zero attached hydrogens (tertiary/aromatic N) is 6. The summed E-state index contributed by atoms with van der Waals surface area (Å²) in [5, 5.41) is 5.77. The van der Waals surface area contributed by atoms with Crippen LogP contribution in [-0.2, 0) is 5.41 Å². The van der Waals surface area contributed by atoms with E-state index < -0.39 is 0 Å². The Morgan fingerprint density at radius 2 is 1.91 bits per heavy atom. The van der Waals surface area contributed by atoms with Gasteiger partial charge >= 0.3 is 6.03 Å². The molecule has 0 N–H and O–H groups in total. The highest BCUT2D eigenvalue weighted by atomic mass is 35.5. The van der Waals surface area contributed by atoms with Crippen LogP contribution in [0, 0.1) is 6.92 Å². The quantitative estimate of drug-likeness (QED) is 0.771. The first kappa shape index (κ1) is 17.7. The predicted octanol–water partition coefficient (Wildman–Crippen LogP) is 3.01. The molecule has 2 aromatic heterocycles. The van der Waals surface area contributed by atoms with Gasteiger partial charge in [-0.3, -0.25) is 0 Å². The van der Waals surface area contributed by atoms with Crippen molar-refractivity contribution >= 4 is 29.4 Å². The van der Waals surface area contributed by atoms with Crippen molar-refractivity contribution in [2.75, 3.05) is 14.1 Å². The van der Waals surface area contributed by atoms with Crippen LogP contribution in [0.2, 0.25) is 5.15 Å². The molecule has 9 heteroatoms. The summed E-state index contributed by atoms with van der Waals surface area (Å²) in [6, 6.07) is 1.36. The van der Waals surface area contributed by atoms with Gasteiger partial charge in [0.15, 0.2) is 5.82 Å². The van der Waals surface area contributed by atoms with Crippen LogP contribution in [0.3, 0.4) is 0 Å². The number of halogens is 1. The van der Waals surface area contributed by atoms with Gasteiger partial charge in [-0.2, -0.15) is 4.68 Å². The lowest BCUT2D eigenvalue weighted by Gasteiger charge is -2.13. The Bertz CT molecular complexity index is 717. The molecule has 23 heavy (non-hydrogen) atoms. The van der Waals surface area contributed by atoms with E-state index >= 15 is 0 Å². The molecule has 0 unspecified atom stereocenters. The minimum Gasteiger partial charge on any atom is -0.329 e. The molecule has 0 aliphatic heterocycles. The van der Waals surface area contributed by atoms with Crippen molar-refractivity contribution in [2.45, 2.75) is 43.3 Å². The first-order chi connectivity index (χ1) is 10.6. The third kappa shape index (κ3) is 4.20. The smallest absolute Gasteiger partial charge is 0.329 e. The summed E-state index contributed by atoms with van der Waals surface area (Å²) in [7, 11) is 3.34. The molecule has 0 bridgehead atoms. The third-order valence-corrected chi connectivity index (χ3v) is 3.85. The van der Waals surface area contributed by atoms with Crippen LogP contribution in [0.4, 0.5) is 4.79 Å².